The molecule has 2 aromatic rings. The standard InChI is InChI=1S/C16H19NO3/c1-9-7-10(20-3)8-13-11-5-4-6-12(16(18)19)15(11)17(2)14(9)13/h7-8,12H,4-6H2,1-3H3,(H,18,19). The molecule has 0 saturated heterocycles. The molecule has 106 valence electrons. The zero-order valence-electron chi connectivity index (χ0n) is 12.1. The molecule has 0 aliphatic heterocycles. The molecule has 4 heteroatoms. The molecule has 1 N–H and O–H groups in total. The number of hydrogen-bond donors (Lipinski definition) is 1. The predicted molar refractivity (Wildman–Crippen MR) is 77.5 cm³/mol. The number of ether oxygens (including phenoxy) is 1. The quantitative estimate of drug-likeness (QED) is 0.915. The van der Waals surface area contributed by atoms with Gasteiger partial charge in [-0.1, -0.05) is 0 Å². The number of fused-ring (bicyclic) bond motifs is 3. The summed E-state index contributed by atoms with van der Waals surface area (Å²) < 4.78 is 7.42. The Balaban J connectivity index is 2.36. The maximum atomic E-state index is 11.5. The maximum absolute atomic E-state index is 11.5. The van der Waals surface area contributed by atoms with E-state index in [-0.39, 0.29) is 5.92 Å². The summed E-state index contributed by atoms with van der Waals surface area (Å²) in [7, 11) is 3.64. The Labute approximate surface area is 118 Å². The molecule has 4 nitrogen and oxygen atoms in total. The van der Waals surface area contributed by atoms with Crippen molar-refractivity contribution >= 4 is 16.9 Å². The summed E-state index contributed by atoms with van der Waals surface area (Å²) in [6, 6.07) is 4.04. The molecule has 1 unspecified atom stereocenters. The van der Waals surface area contributed by atoms with Gasteiger partial charge in [-0.15, -0.1) is 0 Å². The molecule has 20 heavy (non-hydrogen) atoms. The monoisotopic (exact) mass is 273 g/mol. The second kappa shape index (κ2) is 4.54. The van der Waals surface area contributed by atoms with Crippen molar-refractivity contribution in [2.45, 2.75) is 32.1 Å². The van der Waals surface area contributed by atoms with Crippen molar-refractivity contribution in [3.8, 4) is 5.75 Å². The SMILES string of the molecule is COc1cc(C)c2c(c1)c1c(n2C)C(C(=O)O)CCC1. The average Bonchev–Trinajstić information content (AvgIpc) is 2.72. The van der Waals surface area contributed by atoms with Gasteiger partial charge in [0.1, 0.15) is 5.75 Å². The van der Waals surface area contributed by atoms with Crippen LogP contribution in [0, 0.1) is 6.92 Å². The first-order valence-electron chi connectivity index (χ1n) is 6.93. The number of methoxy groups -OCH3 is 1. The Morgan fingerprint density at radius 2 is 2.20 bits per heavy atom. The third-order valence-electron chi connectivity index (χ3n) is 4.39. The highest BCUT2D eigenvalue weighted by Gasteiger charge is 2.31. The second-order valence-electron chi connectivity index (χ2n) is 5.55. The lowest BCUT2D eigenvalue weighted by atomic mass is 9.86. The lowest BCUT2D eigenvalue weighted by Gasteiger charge is -2.21. The van der Waals surface area contributed by atoms with Crippen molar-refractivity contribution in [2.75, 3.05) is 7.11 Å². The van der Waals surface area contributed by atoms with Gasteiger partial charge in [0.15, 0.2) is 0 Å². The number of aryl methyl sites for hydroxylation is 3. The van der Waals surface area contributed by atoms with Crippen molar-refractivity contribution in [1.82, 2.24) is 4.57 Å². The largest absolute Gasteiger partial charge is 0.497 e. The van der Waals surface area contributed by atoms with E-state index >= 15 is 0 Å². The lowest BCUT2D eigenvalue weighted by molar-refractivity contribution is -0.139. The lowest BCUT2D eigenvalue weighted by Crippen LogP contribution is -2.20. The fraction of sp³-hybridized carbons (Fsp3) is 0.438. The van der Waals surface area contributed by atoms with Crippen LogP contribution >= 0.6 is 0 Å². The van der Waals surface area contributed by atoms with E-state index in [0.29, 0.717) is 0 Å². The normalized spacial score (nSPS) is 18.1. The summed E-state index contributed by atoms with van der Waals surface area (Å²) in [4.78, 5) is 11.5. The van der Waals surface area contributed by atoms with Crippen LogP contribution in [0.1, 0.15) is 35.6 Å². The molecule has 1 aromatic heterocycles. The number of nitrogens with zero attached hydrogens (tertiary/aromatic N) is 1. The second-order valence-corrected chi connectivity index (χ2v) is 5.55. The van der Waals surface area contributed by atoms with E-state index in [9.17, 15) is 9.90 Å². The van der Waals surface area contributed by atoms with Crippen LogP contribution in [0.3, 0.4) is 0 Å². The highest BCUT2D eigenvalue weighted by molar-refractivity contribution is 5.92. The van der Waals surface area contributed by atoms with Crippen LogP contribution in [-0.4, -0.2) is 22.8 Å². The first-order valence-corrected chi connectivity index (χ1v) is 6.93. The summed E-state index contributed by atoms with van der Waals surface area (Å²) in [5.74, 6) is -0.274. The number of carboxylic acids is 1. The molecule has 0 bridgehead atoms. The zero-order valence-corrected chi connectivity index (χ0v) is 12.1. The van der Waals surface area contributed by atoms with Gasteiger partial charge in [-0.05, 0) is 49.4 Å². The van der Waals surface area contributed by atoms with Crippen LogP contribution in [0.15, 0.2) is 12.1 Å². The van der Waals surface area contributed by atoms with Gasteiger partial charge < -0.3 is 14.4 Å². The number of aromatic nitrogens is 1. The van der Waals surface area contributed by atoms with Crippen molar-refractivity contribution < 1.29 is 14.6 Å². The van der Waals surface area contributed by atoms with Crippen LogP contribution in [0.5, 0.6) is 5.75 Å². The molecule has 0 amide bonds. The van der Waals surface area contributed by atoms with Crippen molar-refractivity contribution in [3.05, 3.63) is 29.0 Å². The molecular weight excluding hydrogens is 254 g/mol. The first-order chi connectivity index (χ1) is 9.54. The van der Waals surface area contributed by atoms with E-state index in [1.54, 1.807) is 7.11 Å². The molecule has 3 rings (SSSR count). The molecule has 1 heterocycles. The van der Waals surface area contributed by atoms with Gasteiger partial charge in [0, 0.05) is 18.1 Å². The Kier molecular flexibility index (Phi) is 2.96. The Hall–Kier alpha value is -1.97. The molecular formula is C16H19NO3. The van der Waals surface area contributed by atoms with Gasteiger partial charge in [0.25, 0.3) is 0 Å². The third-order valence-corrected chi connectivity index (χ3v) is 4.39. The number of rotatable bonds is 2. The smallest absolute Gasteiger partial charge is 0.312 e. The molecule has 1 atom stereocenters. The molecule has 0 radical (unpaired) electrons. The summed E-state index contributed by atoms with van der Waals surface area (Å²) in [5, 5.41) is 10.6. The number of benzene rings is 1. The van der Waals surface area contributed by atoms with Gasteiger partial charge in [0.2, 0.25) is 0 Å². The Morgan fingerprint density at radius 3 is 2.85 bits per heavy atom. The molecule has 0 saturated carbocycles. The van der Waals surface area contributed by atoms with Gasteiger partial charge >= 0.3 is 5.97 Å². The number of aliphatic carboxylic acids is 1. The highest BCUT2D eigenvalue weighted by Crippen LogP contribution is 2.40. The zero-order chi connectivity index (χ0) is 14.4. The number of hydrogen-bond acceptors (Lipinski definition) is 2. The maximum Gasteiger partial charge on any atom is 0.312 e. The van der Waals surface area contributed by atoms with Gasteiger partial charge in [-0.25, -0.2) is 0 Å². The number of carboxylic acid groups (broad SMARTS) is 1. The Bertz CT molecular complexity index is 700. The topological polar surface area (TPSA) is 51.5 Å². The minimum Gasteiger partial charge on any atom is -0.497 e. The van der Waals surface area contributed by atoms with Gasteiger partial charge in [-0.2, -0.15) is 0 Å². The molecule has 1 aromatic carbocycles. The van der Waals surface area contributed by atoms with Gasteiger partial charge in [-0.3, -0.25) is 4.79 Å². The van der Waals surface area contributed by atoms with E-state index in [4.69, 9.17) is 4.74 Å². The van der Waals surface area contributed by atoms with Crippen LogP contribution < -0.4 is 4.74 Å². The van der Waals surface area contributed by atoms with E-state index in [1.165, 1.54) is 5.56 Å². The Morgan fingerprint density at radius 1 is 1.45 bits per heavy atom. The van der Waals surface area contributed by atoms with Gasteiger partial charge in [0.05, 0.1) is 18.5 Å². The average molecular weight is 273 g/mol. The van der Waals surface area contributed by atoms with E-state index in [2.05, 4.69) is 4.57 Å². The summed E-state index contributed by atoms with van der Waals surface area (Å²) >= 11 is 0. The van der Waals surface area contributed by atoms with Crippen LogP contribution in [0.25, 0.3) is 10.9 Å². The fourth-order valence-electron chi connectivity index (χ4n) is 3.57. The summed E-state index contributed by atoms with van der Waals surface area (Å²) in [6.07, 6.45) is 2.60. The predicted octanol–water partition coefficient (Wildman–Crippen LogP) is 3.00. The van der Waals surface area contributed by atoms with E-state index in [0.717, 1.165) is 47.2 Å². The molecule has 0 fully saturated rings. The minimum atomic E-state index is -0.721. The van der Waals surface area contributed by atoms with E-state index < -0.39 is 5.97 Å². The van der Waals surface area contributed by atoms with Crippen molar-refractivity contribution in [1.29, 1.82) is 0 Å². The summed E-state index contributed by atoms with van der Waals surface area (Å²) in [5.41, 5.74) is 4.41. The molecule has 1 aliphatic rings. The highest BCUT2D eigenvalue weighted by atomic mass is 16.5. The first kappa shape index (κ1) is 13.0. The number of carbonyl (C=O) groups is 1. The van der Waals surface area contributed by atoms with Crippen LogP contribution in [-0.2, 0) is 18.3 Å². The fourth-order valence-corrected chi connectivity index (χ4v) is 3.57. The molecule has 0 spiro atoms. The summed E-state index contributed by atoms with van der Waals surface area (Å²) in [6.45, 7) is 2.05. The van der Waals surface area contributed by atoms with Crippen molar-refractivity contribution in [2.24, 2.45) is 7.05 Å². The molecule has 1 aliphatic carbocycles. The van der Waals surface area contributed by atoms with Crippen molar-refractivity contribution in [3.63, 3.8) is 0 Å². The van der Waals surface area contributed by atoms with E-state index in [1.807, 2.05) is 26.1 Å². The van der Waals surface area contributed by atoms with Crippen LogP contribution in [0.2, 0.25) is 0 Å². The minimum absolute atomic E-state index is 0.387. The van der Waals surface area contributed by atoms with Crippen LogP contribution in [0.4, 0.5) is 0 Å². The third kappa shape index (κ3) is 1.71.